The Hall–Kier alpha value is 0.813. The van der Waals surface area contributed by atoms with Crippen molar-refractivity contribution in [3.05, 3.63) is 11.6 Å². The second kappa shape index (κ2) is 10.7. The molecule has 0 fully saturated rings. The molecule has 0 aliphatic rings. The molecule has 8 heavy (non-hydrogen) atoms. The predicted molar refractivity (Wildman–Crippen MR) is 40.0 cm³/mol. The molecule has 0 N–H and O–H groups in total. The fourth-order valence-corrected chi connectivity index (χ4v) is 0.349. The molecule has 0 aromatic rings. The molecular formula is C5H10Cl2Ru. The fraction of sp³-hybridized carbons (Fsp3) is 0.400. The van der Waals surface area contributed by atoms with Gasteiger partial charge in [0, 0.05) is 0 Å². The quantitative estimate of drug-likeness (QED) is 0.618. The van der Waals surface area contributed by atoms with E-state index in [9.17, 15) is 0 Å². The van der Waals surface area contributed by atoms with Crippen LogP contribution in [0.5, 0.6) is 0 Å². The van der Waals surface area contributed by atoms with Gasteiger partial charge in [-0.2, -0.15) is 0 Å². The first-order chi connectivity index (χ1) is 2.81. The number of halogens is 2. The second-order valence-electron chi connectivity index (χ2n) is 1.13. The van der Waals surface area contributed by atoms with Gasteiger partial charge in [-0.15, -0.1) is 24.8 Å². The van der Waals surface area contributed by atoms with E-state index in [1.807, 2.05) is 11.5 Å². The summed E-state index contributed by atoms with van der Waals surface area (Å²) >= 11 is 2.46. The van der Waals surface area contributed by atoms with Gasteiger partial charge in [-0.25, -0.2) is 0 Å². The predicted octanol–water partition coefficient (Wildman–Crippen LogP) is 2.15. The maximum atomic E-state index is 2.46. The van der Waals surface area contributed by atoms with Crippen molar-refractivity contribution in [2.75, 3.05) is 0 Å². The zero-order valence-electron chi connectivity index (χ0n) is 4.82. The van der Waals surface area contributed by atoms with E-state index in [1.54, 1.807) is 0 Å². The molecule has 0 saturated heterocycles. The monoisotopic (exact) mass is 242 g/mol. The normalized spacial score (nSPS) is 8.62. The molecule has 3 heteroatoms. The summed E-state index contributed by atoms with van der Waals surface area (Å²) < 4.78 is 2.01. The van der Waals surface area contributed by atoms with E-state index in [0.717, 1.165) is 0 Å². The van der Waals surface area contributed by atoms with Crippen LogP contribution < -0.4 is 0 Å². The van der Waals surface area contributed by atoms with E-state index in [-0.39, 0.29) is 24.8 Å². The first kappa shape index (κ1) is 15.9. The number of rotatable bonds is 1. The number of hydrogen-bond donors (Lipinski definition) is 0. The molecule has 0 atom stereocenters. The molecular weight excluding hydrogens is 232 g/mol. The summed E-state index contributed by atoms with van der Waals surface area (Å²) in [5.41, 5.74) is 1.31. The zero-order valence-corrected chi connectivity index (χ0v) is 8.20. The maximum absolute atomic E-state index is 2.46. The van der Waals surface area contributed by atoms with Crippen molar-refractivity contribution in [2.45, 2.75) is 13.8 Å². The third kappa shape index (κ3) is 9.94. The standard InChI is InChI=1S/C5H8.2ClH.Ru/c1-4-5(2)3;;;/h2,4H,1,3H3;2*1H;. The summed E-state index contributed by atoms with van der Waals surface area (Å²) in [6.07, 6.45) is 2.07. The van der Waals surface area contributed by atoms with E-state index in [4.69, 9.17) is 0 Å². The Balaban J connectivity index is -0.000000125. The Bertz CT molecular complexity index is 78.5. The van der Waals surface area contributed by atoms with Gasteiger partial charge in [0.15, 0.2) is 0 Å². The summed E-state index contributed by atoms with van der Waals surface area (Å²) in [4.78, 5) is 0. The van der Waals surface area contributed by atoms with E-state index in [1.165, 1.54) is 5.57 Å². The molecule has 0 bridgehead atoms. The minimum Gasteiger partial charge on any atom is -0.147 e. The topological polar surface area (TPSA) is 0 Å². The maximum Gasteiger partial charge on any atom is -0.147 e. The second-order valence-corrected chi connectivity index (χ2v) is 1.64. The number of hydrogen-bond acceptors (Lipinski definition) is 0. The van der Waals surface area contributed by atoms with Crippen molar-refractivity contribution in [3.8, 4) is 0 Å². The largest absolute Gasteiger partial charge is 0.147 e. The van der Waals surface area contributed by atoms with E-state index in [0.29, 0.717) is 0 Å². The van der Waals surface area contributed by atoms with Crippen molar-refractivity contribution in [1.82, 2.24) is 0 Å². The molecule has 0 aliphatic heterocycles. The third-order valence-electron chi connectivity index (χ3n) is 0.616. The molecule has 0 nitrogen and oxygen atoms in total. The van der Waals surface area contributed by atoms with Gasteiger partial charge in [0.1, 0.15) is 0 Å². The molecule has 0 aliphatic carbocycles. The summed E-state index contributed by atoms with van der Waals surface area (Å²) in [7, 11) is 0. The Morgan fingerprint density at radius 2 is 1.75 bits per heavy atom. The van der Waals surface area contributed by atoms with E-state index in [2.05, 4.69) is 30.9 Å². The van der Waals surface area contributed by atoms with Gasteiger partial charge in [0.05, 0.1) is 0 Å². The number of allylic oxidation sites excluding steroid dienone is 2. The van der Waals surface area contributed by atoms with Gasteiger partial charge < -0.3 is 0 Å². The van der Waals surface area contributed by atoms with Crippen LogP contribution in [0.15, 0.2) is 11.6 Å². The molecule has 52 valence electrons. The molecule has 0 aromatic heterocycles. The SMILES string of the molecule is CC=C(C)[CH]=[Ru].Cl.Cl. The van der Waals surface area contributed by atoms with Gasteiger partial charge in [0.25, 0.3) is 0 Å². The van der Waals surface area contributed by atoms with Crippen LogP contribution in [0, 0.1) is 0 Å². The third-order valence-corrected chi connectivity index (χ3v) is 1.41. The van der Waals surface area contributed by atoms with Gasteiger partial charge in [0.2, 0.25) is 0 Å². The molecule has 0 rings (SSSR count). The first-order valence-corrected chi connectivity index (χ1v) is 2.86. The summed E-state index contributed by atoms with van der Waals surface area (Å²) in [6, 6.07) is 0. The zero-order chi connectivity index (χ0) is 4.99. The summed E-state index contributed by atoms with van der Waals surface area (Å²) in [5, 5.41) is 0. The van der Waals surface area contributed by atoms with Crippen LogP contribution in [0.3, 0.4) is 0 Å². The van der Waals surface area contributed by atoms with Crippen LogP contribution in [0.25, 0.3) is 0 Å². The van der Waals surface area contributed by atoms with Gasteiger partial charge >= 0.3 is 48.0 Å². The molecule has 0 saturated carbocycles. The summed E-state index contributed by atoms with van der Waals surface area (Å²) in [5.74, 6) is 0. The Kier molecular flexibility index (Phi) is 21.4. The molecule has 0 radical (unpaired) electrons. The minimum atomic E-state index is 0. The molecule has 0 spiro atoms. The van der Waals surface area contributed by atoms with Crippen LogP contribution in [0.2, 0.25) is 0 Å². The molecule has 0 aromatic carbocycles. The minimum absolute atomic E-state index is 0. The molecule has 0 unspecified atom stereocenters. The fourth-order valence-electron chi connectivity index (χ4n) is 0.0589. The van der Waals surface area contributed by atoms with Gasteiger partial charge in [-0.1, -0.05) is 0 Å². The van der Waals surface area contributed by atoms with Crippen molar-refractivity contribution in [1.29, 1.82) is 0 Å². The van der Waals surface area contributed by atoms with Crippen molar-refractivity contribution in [2.24, 2.45) is 0 Å². The van der Waals surface area contributed by atoms with Crippen molar-refractivity contribution in [3.63, 3.8) is 0 Å². The Labute approximate surface area is 72.8 Å². The Morgan fingerprint density at radius 3 is 1.75 bits per heavy atom. The molecule has 0 heterocycles. The van der Waals surface area contributed by atoms with Crippen LogP contribution in [0.1, 0.15) is 13.8 Å². The Morgan fingerprint density at radius 1 is 1.38 bits per heavy atom. The summed E-state index contributed by atoms with van der Waals surface area (Å²) in [6.45, 7) is 4.09. The molecule has 0 amide bonds. The van der Waals surface area contributed by atoms with Gasteiger partial charge in [-0.3, -0.25) is 0 Å². The average molecular weight is 242 g/mol. The van der Waals surface area contributed by atoms with Crippen molar-refractivity contribution < 1.29 is 17.9 Å². The smallest absolute Gasteiger partial charge is 0.147 e. The van der Waals surface area contributed by atoms with E-state index < -0.39 is 0 Å². The van der Waals surface area contributed by atoms with E-state index >= 15 is 0 Å². The van der Waals surface area contributed by atoms with Gasteiger partial charge in [-0.05, 0) is 0 Å². The van der Waals surface area contributed by atoms with Crippen LogP contribution >= 0.6 is 24.8 Å². The van der Waals surface area contributed by atoms with Crippen molar-refractivity contribution >= 4 is 29.4 Å². The van der Waals surface area contributed by atoms with Crippen LogP contribution in [-0.2, 0) is 17.9 Å². The van der Waals surface area contributed by atoms with Crippen LogP contribution in [0.4, 0.5) is 0 Å². The first-order valence-electron chi connectivity index (χ1n) is 1.86. The average Bonchev–Trinajstić information content (AvgIpc) is 1.65. The van der Waals surface area contributed by atoms with Crippen LogP contribution in [-0.4, -0.2) is 4.61 Å².